The van der Waals surface area contributed by atoms with Crippen LogP contribution in [0.1, 0.15) is 56.1 Å². The van der Waals surface area contributed by atoms with E-state index in [1.165, 1.54) is 5.56 Å². The van der Waals surface area contributed by atoms with Gasteiger partial charge in [-0.05, 0) is 29.7 Å². The smallest absolute Gasteiger partial charge is 0.476 e. The molecule has 1 atom stereocenters. The predicted octanol–water partition coefficient (Wildman–Crippen LogP) is 5.27. The van der Waals surface area contributed by atoms with Crippen molar-refractivity contribution in [3.63, 3.8) is 0 Å². The summed E-state index contributed by atoms with van der Waals surface area (Å²) >= 11 is 6.38. The Kier molecular flexibility index (Phi) is 8.61. The minimum atomic E-state index is -1.06. The fraction of sp³-hybridized carbons (Fsp3) is 0.500. The van der Waals surface area contributed by atoms with Gasteiger partial charge < -0.3 is 28.5 Å². The Morgan fingerprint density at radius 2 is 1.55 bits per heavy atom. The van der Waals surface area contributed by atoms with Gasteiger partial charge in [0.2, 0.25) is 0 Å². The van der Waals surface area contributed by atoms with Crippen molar-refractivity contribution in [1.29, 1.82) is 0 Å². The first kappa shape index (κ1) is 29.1. The van der Waals surface area contributed by atoms with Gasteiger partial charge in [-0.25, -0.2) is 4.79 Å². The molecule has 0 aliphatic carbocycles. The predicted molar refractivity (Wildman–Crippen MR) is 155 cm³/mol. The van der Waals surface area contributed by atoms with Gasteiger partial charge >= 0.3 is 20.0 Å². The Balaban J connectivity index is 0.000000176. The summed E-state index contributed by atoms with van der Waals surface area (Å²) in [5.41, 5.74) is 3.78. The molecule has 3 aliphatic heterocycles. The van der Waals surface area contributed by atoms with E-state index in [9.17, 15) is 9.90 Å². The zero-order valence-electron chi connectivity index (χ0n) is 23.4. The van der Waals surface area contributed by atoms with E-state index in [0.717, 1.165) is 30.8 Å². The summed E-state index contributed by atoms with van der Waals surface area (Å²) in [5, 5.41) is 16.9. The molecular formula is C28H35B2ClN2O7. The van der Waals surface area contributed by atoms with E-state index >= 15 is 0 Å². The maximum Gasteiger partial charge on any atom is 0.488 e. The SMILES string of the molecule is CC1(C)COB(B2OCC(C)(C)CO2)OC1.O=C(O)c1n[nH]c2cc(Cl)c(-c3ccc(C4CCOC4)cc3)cc12. The molecule has 0 radical (unpaired) electrons. The molecule has 3 aromatic rings. The summed E-state index contributed by atoms with van der Waals surface area (Å²) in [7, 11) is -0.742. The number of aromatic amines is 1. The molecule has 6 rings (SSSR count). The van der Waals surface area contributed by atoms with E-state index in [-0.39, 0.29) is 30.5 Å². The van der Waals surface area contributed by atoms with E-state index in [4.69, 9.17) is 35.0 Å². The number of carboxylic acid groups (broad SMARTS) is 1. The normalized spacial score (nSPS) is 22.2. The highest BCUT2D eigenvalue weighted by Gasteiger charge is 2.47. The van der Waals surface area contributed by atoms with Crippen LogP contribution in [0.3, 0.4) is 0 Å². The number of aromatic nitrogens is 2. The molecule has 2 aromatic carbocycles. The number of ether oxygens (including phenoxy) is 1. The lowest BCUT2D eigenvalue weighted by Gasteiger charge is -2.38. The molecule has 0 saturated carbocycles. The second kappa shape index (κ2) is 11.8. The minimum Gasteiger partial charge on any atom is -0.476 e. The topological polar surface area (TPSA) is 112 Å². The van der Waals surface area contributed by atoms with Gasteiger partial charge in [0.1, 0.15) is 0 Å². The standard InChI is InChI=1S/C18H15ClN2O3.C10H20B2O4/c19-15-8-16-14(17(18(22)23)21-20-16)7-13(15)11-3-1-10(2-4-11)12-5-6-24-9-12;1-9(2)5-13-11(14-6-9)12-15-7-10(3,4)8-16-12/h1-4,7-8,12H,5-6,9H2,(H,20,21)(H,22,23);5-8H2,1-4H3. The number of nitrogens with zero attached hydrogens (tertiary/aromatic N) is 1. The second-order valence-corrected chi connectivity index (χ2v) is 12.7. The molecule has 4 heterocycles. The van der Waals surface area contributed by atoms with Crippen molar-refractivity contribution in [2.45, 2.75) is 40.0 Å². The number of benzene rings is 2. The van der Waals surface area contributed by atoms with Crippen molar-refractivity contribution < 1.29 is 33.3 Å². The number of fused-ring (bicyclic) bond motifs is 1. The van der Waals surface area contributed by atoms with Gasteiger partial charge in [0.25, 0.3) is 0 Å². The van der Waals surface area contributed by atoms with Crippen LogP contribution in [0.5, 0.6) is 0 Å². The van der Waals surface area contributed by atoms with Crippen LogP contribution in [0.4, 0.5) is 0 Å². The van der Waals surface area contributed by atoms with E-state index in [1.54, 1.807) is 12.1 Å². The molecular weight excluding hydrogens is 533 g/mol. The number of aromatic carboxylic acids is 1. The van der Waals surface area contributed by atoms with Crippen molar-refractivity contribution in [2.75, 3.05) is 39.6 Å². The average molecular weight is 569 g/mol. The molecule has 212 valence electrons. The Morgan fingerprint density at radius 3 is 2.05 bits per heavy atom. The van der Waals surface area contributed by atoms with E-state index in [1.807, 2.05) is 12.1 Å². The number of rotatable bonds is 4. The zero-order valence-corrected chi connectivity index (χ0v) is 24.1. The lowest BCUT2D eigenvalue weighted by Crippen LogP contribution is -2.56. The molecule has 9 nitrogen and oxygen atoms in total. The van der Waals surface area contributed by atoms with E-state index in [2.05, 4.69) is 50.0 Å². The molecule has 12 heteroatoms. The molecule has 0 spiro atoms. The molecule has 3 fully saturated rings. The minimum absolute atomic E-state index is 0.00245. The highest BCUT2D eigenvalue weighted by Crippen LogP contribution is 2.34. The monoisotopic (exact) mass is 568 g/mol. The van der Waals surface area contributed by atoms with E-state index in [0.29, 0.717) is 48.3 Å². The Hall–Kier alpha value is -2.40. The van der Waals surface area contributed by atoms with Crippen LogP contribution in [0.15, 0.2) is 36.4 Å². The van der Waals surface area contributed by atoms with Gasteiger partial charge in [0, 0.05) is 60.7 Å². The molecule has 2 N–H and O–H groups in total. The number of nitrogens with one attached hydrogen (secondary N) is 1. The van der Waals surface area contributed by atoms with Crippen molar-refractivity contribution in [2.24, 2.45) is 10.8 Å². The van der Waals surface area contributed by atoms with E-state index < -0.39 is 5.97 Å². The summed E-state index contributed by atoms with van der Waals surface area (Å²) in [6.45, 7) is 12.8. The first-order chi connectivity index (χ1) is 19.0. The highest BCUT2D eigenvalue weighted by atomic mass is 35.5. The number of carbonyl (C=O) groups is 1. The van der Waals surface area contributed by atoms with Crippen LogP contribution >= 0.6 is 11.6 Å². The summed E-state index contributed by atoms with van der Waals surface area (Å²) in [6, 6.07) is 11.7. The Labute approximate surface area is 240 Å². The van der Waals surface area contributed by atoms with Crippen molar-refractivity contribution in [1.82, 2.24) is 10.2 Å². The Morgan fingerprint density at radius 1 is 0.975 bits per heavy atom. The summed E-state index contributed by atoms with van der Waals surface area (Å²) in [6.07, 6.45) is 1.04. The number of hydrogen-bond donors (Lipinski definition) is 2. The maximum absolute atomic E-state index is 11.3. The first-order valence-corrected chi connectivity index (χ1v) is 13.9. The van der Waals surface area contributed by atoms with Crippen LogP contribution in [-0.2, 0) is 23.4 Å². The summed E-state index contributed by atoms with van der Waals surface area (Å²) < 4.78 is 27.9. The largest absolute Gasteiger partial charge is 0.488 e. The van der Waals surface area contributed by atoms with Gasteiger partial charge in [-0.2, -0.15) is 5.10 Å². The van der Waals surface area contributed by atoms with Crippen molar-refractivity contribution in [3.05, 3.63) is 52.7 Å². The third kappa shape index (κ3) is 6.73. The van der Waals surface area contributed by atoms with Crippen molar-refractivity contribution in [3.8, 4) is 11.1 Å². The molecule has 1 aromatic heterocycles. The summed E-state index contributed by atoms with van der Waals surface area (Å²) in [4.78, 5) is 11.3. The van der Waals surface area contributed by atoms with Gasteiger partial charge in [-0.1, -0.05) is 63.6 Å². The number of H-pyrrole nitrogens is 1. The van der Waals surface area contributed by atoms with Gasteiger partial charge in [-0.15, -0.1) is 0 Å². The van der Waals surface area contributed by atoms with Crippen molar-refractivity contribution >= 4 is 42.5 Å². The third-order valence-electron chi connectivity index (χ3n) is 7.25. The quantitative estimate of drug-likeness (QED) is 0.410. The third-order valence-corrected chi connectivity index (χ3v) is 7.56. The van der Waals surface area contributed by atoms with Crippen LogP contribution in [0.25, 0.3) is 22.0 Å². The van der Waals surface area contributed by atoms with Gasteiger partial charge in [0.05, 0.1) is 17.1 Å². The zero-order chi connectivity index (χ0) is 28.5. The first-order valence-electron chi connectivity index (χ1n) is 13.6. The van der Waals surface area contributed by atoms with Crippen LogP contribution in [-0.4, -0.2) is 74.9 Å². The van der Waals surface area contributed by atoms with Crippen LogP contribution in [0, 0.1) is 10.8 Å². The fourth-order valence-corrected chi connectivity index (χ4v) is 5.15. The number of hydrogen-bond acceptors (Lipinski definition) is 7. The summed E-state index contributed by atoms with van der Waals surface area (Å²) in [5.74, 6) is -0.615. The molecule has 3 aliphatic rings. The van der Waals surface area contributed by atoms with Crippen LogP contribution < -0.4 is 0 Å². The molecule has 1 unspecified atom stereocenters. The molecule has 0 bridgehead atoms. The number of carboxylic acids is 1. The van der Waals surface area contributed by atoms with Crippen LogP contribution in [0.2, 0.25) is 5.02 Å². The second-order valence-electron chi connectivity index (χ2n) is 12.2. The van der Waals surface area contributed by atoms with Gasteiger partial charge in [-0.3, -0.25) is 5.10 Å². The lowest BCUT2D eigenvalue weighted by molar-refractivity contribution is 0.00624. The fourth-order valence-electron chi connectivity index (χ4n) is 4.88. The maximum atomic E-state index is 11.3. The van der Waals surface area contributed by atoms with Gasteiger partial charge in [0.15, 0.2) is 5.69 Å². The molecule has 40 heavy (non-hydrogen) atoms. The average Bonchev–Trinajstić information content (AvgIpc) is 3.59. The molecule has 3 saturated heterocycles. The lowest BCUT2D eigenvalue weighted by atomic mass is 9.47. The Bertz CT molecular complexity index is 1300. The number of halogens is 1. The molecule has 0 amide bonds. The highest BCUT2D eigenvalue weighted by molar-refractivity contribution is 7.10.